The number of carbonyl (C=O) groups is 1. The number of benzene rings is 1. The van der Waals surface area contributed by atoms with Crippen LogP contribution in [0.15, 0.2) is 36.4 Å². The lowest BCUT2D eigenvalue weighted by molar-refractivity contribution is 0.0779. The van der Waals surface area contributed by atoms with Gasteiger partial charge in [0.2, 0.25) is 5.95 Å². The second-order valence-electron chi connectivity index (χ2n) is 7.01. The van der Waals surface area contributed by atoms with E-state index in [1.807, 2.05) is 44.3 Å². The number of aromatic nitrogens is 2. The molecule has 2 aromatic rings. The van der Waals surface area contributed by atoms with Crippen LogP contribution in [0.5, 0.6) is 0 Å². The standard InChI is InChI=1S/C20H26N4O/c1-15-9-11-24(12-10-15)20-21-16(2)13-18(22-20)19(25)23(3)14-17-7-5-4-6-8-17/h4-8,13,15H,9-12,14H2,1-3H3. The van der Waals surface area contributed by atoms with Crippen molar-refractivity contribution in [3.8, 4) is 0 Å². The average molecular weight is 338 g/mol. The molecule has 5 heteroatoms. The zero-order valence-electron chi connectivity index (χ0n) is 15.3. The van der Waals surface area contributed by atoms with E-state index < -0.39 is 0 Å². The number of anilines is 1. The Bertz CT molecular complexity index is 724. The first-order valence-corrected chi connectivity index (χ1v) is 8.93. The van der Waals surface area contributed by atoms with Crippen LogP contribution in [-0.4, -0.2) is 40.9 Å². The maximum absolute atomic E-state index is 12.8. The molecule has 0 aliphatic carbocycles. The van der Waals surface area contributed by atoms with Gasteiger partial charge >= 0.3 is 0 Å². The lowest BCUT2D eigenvalue weighted by Gasteiger charge is -2.30. The van der Waals surface area contributed by atoms with Gasteiger partial charge in [-0.25, -0.2) is 9.97 Å². The van der Waals surface area contributed by atoms with Crippen molar-refractivity contribution in [3.05, 3.63) is 53.3 Å². The summed E-state index contributed by atoms with van der Waals surface area (Å²) in [6.07, 6.45) is 2.29. The van der Waals surface area contributed by atoms with E-state index in [-0.39, 0.29) is 5.91 Å². The van der Waals surface area contributed by atoms with Crippen molar-refractivity contribution >= 4 is 11.9 Å². The van der Waals surface area contributed by atoms with E-state index in [0.29, 0.717) is 18.2 Å². The lowest BCUT2D eigenvalue weighted by Crippen LogP contribution is -2.35. The van der Waals surface area contributed by atoms with Gasteiger partial charge in [0, 0.05) is 32.4 Å². The number of hydrogen-bond acceptors (Lipinski definition) is 4. The molecule has 1 aliphatic heterocycles. The molecule has 3 rings (SSSR count). The molecule has 0 N–H and O–H groups in total. The predicted octanol–water partition coefficient (Wildman–Crippen LogP) is 3.29. The first-order chi connectivity index (χ1) is 12.0. The summed E-state index contributed by atoms with van der Waals surface area (Å²) >= 11 is 0. The van der Waals surface area contributed by atoms with E-state index in [1.54, 1.807) is 11.0 Å². The van der Waals surface area contributed by atoms with Crippen LogP contribution in [0.1, 0.15) is 41.5 Å². The number of aryl methyl sites for hydroxylation is 1. The highest BCUT2D eigenvalue weighted by Crippen LogP contribution is 2.21. The van der Waals surface area contributed by atoms with Gasteiger partial charge in [-0.2, -0.15) is 0 Å². The van der Waals surface area contributed by atoms with Gasteiger partial charge in [-0.1, -0.05) is 37.3 Å². The molecule has 1 saturated heterocycles. The molecule has 2 heterocycles. The van der Waals surface area contributed by atoms with Crippen LogP contribution < -0.4 is 4.90 Å². The van der Waals surface area contributed by atoms with Crippen molar-refractivity contribution in [2.45, 2.75) is 33.2 Å². The number of nitrogens with zero attached hydrogens (tertiary/aromatic N) is 4. The largest absolute Gasteiger partial charge is 0.341 e. The Kier molecular flexibility index (Phi) is 5.31. The van der Waals surface area contributed by atoms with Crippen LogP contribution >= 0.6 is 0 Å². The van der Waals surface area contributed by atoms with E-state index in [2.05, 4.69) is 21.8 Å². The van der Waals surface area contributed by atoms with E-state index >= 15 is 0 Å². The van der Waals surface area contributed by atoms with Crippen molar-refractivity contribution in [1.29, 1.82) is 0 Å². The van der Waals surface area contributed by atoms with Crippen molar-refractivity contribution in [2.75, 3.05) is 25.0 Å². The minimum Gasteiger partial charge on any atom is -0.341 e. The molecule has 5 nitrogen and oxygen atoms in total. The summed E-state index contributed by atoms with van der Waals surface area (Å²) < 4.78 is 0. The predicted molar refractivity (Wildman–Crippen MR) is 99.6 cm³/mol. The molecule has 25 heavy (non-hydrogen) atoms. The topological polar surface area (TPSA) is 49.3 Å². The van der Waals surface area contributed by atoms with Gasteiger partial charge in [0.15, 0.2) is 0 Å². The molecule has 0 saturated carbocycles. The Labute approximate surface area is 149 Å². The average Bonchev–Trinajstić information content (AvgIpc) is 2.62. The fraction of sp³-hybridized carbons (Fsp3) is 0.450. The number of piperidine rings is 1. The minimum atomic E-state index is -0.0685. The summed E-state index contributed by atoms with van der Waals surface area (Å²) in [5, 5.41) is 0. The Hall–Kier alpha value is -2.43. The fourth-order valence-corrected chi connectivity index (χ4v) is 3.14. The van der Waals surface area contributed by atoms with Crippen molar-refractivity contribution in [2.24, 2.45) is 5.92 Å². The van der Waals surface area contributed by atoms with Crippen molar-refractivity contribution < 1.29 is 4.79 Å². The van der Waals surface area contributed by atoms with Gasteiger partial charge in [-0.05, 0) is 37.3 Å². The summed E-state index contributed by atoms with van der Waals surface area (Å²) in [7, 11) is 1.81. The third-order valence-electron chi connectivity index (χ3n) is 4.74. The van der Waals surface area contributed by atoms with Crippen LogP contribution in [0.3, 0.4) is 0 Å². The van der Waals surface area contributed by atoms with E-state index in [9.17, 15) is 4.79 Å². The van der Waals surface area contributed by atoms with Crippen LogP contribution in [0.4, 0.5) is 5.95 Å². The van der Waals surface area contributed by atoms with E-state index in [1.165, 1.54) is 0 Å². The summed E-state index contributed by atoms with van der Waals surface area (Å²) in [5.74, 6) is 1.36. The normalized spacial score (nSPS) is 15.2. The van der Waals surface area contributed by atoms with Gasteiger partial charge in [0.25, 0.3) is 5.91 Å². The number of amides is 1. The SMILES string of the molecule is Cc1cc(C(=O)N(C)Cc2ccccc2)nc(N2CCC(C)CC2)n1. The Balaban J connectivity index is 1.76. The van der Waals surface area contributed by atoms with Gasteiger partial charge in [0.05, 0.1) is 0 Å². The van der Waals surface area contributed by atoms with Crippen LogP contribution in [0.25, 0.3) is 0 Å². The van der Waals surface area contributed by atoms with Gasteiger partial charge in [0.1, 0.15) is 5.69 Å². The molecule has 1 amide bonds. The summed E-state index contributed by atoms with van der Waals surface area (Å²) in [6.45, 7) is 6.68. The fourth-order valence-electron chi connectivity index (χ4n) is 3.14. The second kappa shape index (κ2) is 7.64. The summed E-state index contributed by atoms with van der Waals surface area (Å²) in [6, 6.07) is 11.8. The zero-order valence-corrected chi connectivity index (χ0v) is 15.3. The number of hydrogen-bond donors (Lipinski definition) is 0. The monoisotopic (exact) mass is 338 g/mol. The van der Waals surface area contributed by atoms with Crippen molar-refractivity contribution in [3.63, 3.8) is 0 Å². The molecule has 132 valence electrons. The second-order valence-corrected chi connectivity index (χ2v) is 7.01. The number of rotatable bonds is 4. The number of carbonyl (C=O) groups excluding carboxylic acids is 1. The minimum absolute atomic E-state index is 0.0685. The highest BCUT2D eigenvalue weighted by Gasteiger charge is 2.21. The maximum Gasteiger partial charge on any atom is 0.272 e. The van der Waals surface area contributed by atoms with E-state index in [0.717, 1.165) is 43.1 Å². The first kappa shape index (κ1) is 17.4. The Morgan fingerprint density at radius 3 is 2.56 bits per heavy atom. The molecule has 1 aromatic heterocycles. The highest BCUT2D eigenvalue weighted by atomic mass is 16.2. The molecule has 1 aromatic carbocycles. The molecule has 0 atom stereocenters. The smallest absolute Gasteiger partial charge is 0.272 e. The highest BCUT2D eigenvalue weighted by molar-refractivity contribution is 5.92. The molecular weight excluding hydrogens is 312 g/mol. The summed E-state index contributed by atoms with van der Waals surface area (Å²) in [5.41, 5.74) is 2.41. The van der Waals surface area contributed by atoms with Crippen LogP contribution in [-0.2, 0) is 6.54 Å². The quantitative estimate of drug-likeness (QED) is 0.858. The third kappa shape index (κ3) is 4.35. The third-order valence-corrected chi connectivity index (χ3v) is 4.74. The molecule has 0 bridgehead atoms. The zero-order chi connectivity index (χ0) is 17.8. The van der Waals surface area contributed by atoms with Gasteiger partial charge in [-0.3, -0.25) is 4.79 Å². The summed E-state index contributed by atoms with van der Waals surface area (Å²) in [4.78, 5) is 25.8. The molecular formula is C20H26N4O. The first-order valence-electron chi connectivity index (χ1n) is 8.93. The van der Waals surface area contributed by atoms with Gasteiger partial charge < -0.3 is 9.80 Å². The molecule has 0 radical (unpaired) electrons. The Morgan fingerprint density at radius 2 is 1.88 bits per heavy atom. The lowest BCUT2D eigenvalue weighted by atomic mass is 10.00. The van der Waals surface area contributed by atoms with E-state index in [4.69, 9.17) is 0 Å². The molecule has 0 spiro atoms. The van der Waals surface area contributed by atoms with Crippen molar-refractivity contribution in [1.82, 2.24) is 14.9 Å². The molecule has 1 fully saturated rings. The molecule has 0 unspecified atom stereocenters. The Morgan fingerprint density at radius 1 is 1.20 bits per heavy atom. The maximum atomic E-state index is 12.8. The van der Waals surface area contributed by atoms with Crippen LogP contribution in [0, 0.1) is 12.8 Å². The van der Waals surface area contributed by atoms with Crippen LogP contribution in [0.2, 0.25) is 0 Å². The van der Waals surface area contributed by atoms with Gasteiger partial charge in [-0.15, -0.1) is 0 Å². The molecule has 1 aliphatic rings.